The Kier molecular flexibility index (Phi) is 8.56. The van der Waals surface area contributed by atoms with Crippen molar-refractivity contribution in [3.05, 3.63) is 74.2 Å². The molecule has 32 heavy (non-hydrogen) atoms. The van der Waals surface area contributed by atoms with Crippen molar-refractivity contribution in [3.63, 3.8) is 0 Å². The number of ether oxygens (including phenoxy) is 2. The van der Waals surface area contributed by atoms with Gasteiger partial charge in [-0.3, -0.25) is 0 Å². The minimum absolute atomic E-state index is 0.0523. The van der Waals surface area contributed by atoms with Crippen LogP contribution in [0.25, 0.3) is 16.5 Å². The summed E-state index contributed by atoms with van der Waals surface area (Å²) in [5.41, 5.74) is 15.2. The van der Waals surface area contributed by atoms with E-state index in [9.17, 15) is 5.11 Å². The van der Waals surface area contributed by atoms with Crippen LogP contribution in [0.3, 0.4) is 0 Å². The Morgan fingerprint density at radius 2 is 2.03 bits per heavy atom. The number of aliphatic hydroxyl groups excluding tert-OH is 1. The zero-order valence-corrected chi connectivity index (χ0v) is 19.1. The number of aryl methyl sites for hydroxylation is 2. The first-order valence-corrected chi connectivity index (χ1v) is 11.0. The molecule has 2 N–H and O–H groups in total. The van der Waals surface area contributed by atoms with Gasteiger partial charge in [0.1, 0.15) is 0 Å². The largest absolute Gasteiger partial charge is 0.493 e. The smallest absolute Gasteiger partial charge is 0.161 e. The normalized spacial score (nSPS) is 15.3. The third-order valence-electron chi connectivity index (χ3n) is 5.86. The van der Waals surface area contributed by atoms with Gasteiger partial charge in [-0.15, -0.1) is 0 Å². The van der Waals surface area contributed by atoms with Crippen molar-refractivity contribution in [2.45, 2.75) is 45.8 Å². The summed E-state index contributed by atoms with van der Waals surface area (Å²) in [5, 5.41) is 16.8. The maximum Gasteiger partial charge on any atom is 0.161 e. The summed E-state index contributed by atoms with van der Waals surface area (Å²) in [6.07, 6.45) is 6.87. The molecule has 0 saturated heterocycles. The van der Waals surface area contributed by atoms with Gasteiger partial charge in [0.05, 0.1) is 26.4 Å². The highest BCUT2D eigenvalue weighted by atomic mass is 16.5. The van der Waals surface area contributed by atoms with E-state index in [1.807, 2.05) is 12.1 Å². The van der Waals surface area contributed by atoms with Gasteiger partial charge >= 0.3 is 0 Å². The summed E-state index contributed by atoms with van der Waals surface area (Å²) in [4.78, 5) is 2.77. The number of methoxy groups -OCH3 is 1. The number of hydrogen-bond donors (Lipinski definition) is 2. The van der Waals surface area contributed by atoms with Gasteiger partial charge in [-0.05, 0) is 84.2 Å². The molecule has 1 unspecified atom stereocenters. The lowest BCUT2D eigenvalue weighted by Gasteiger charge is -2.26. The predicted octanol–water partition coefficient (Wildman–Crippen LogP) is 5.17. The van der Waals surface area contributed by atoms with E-state index >= 15 is 0 Å². The zero-order valence-electron chi connectivity index (χ0n) is 19.1. The molecule has 0 spiro atoms. The van der Waals surface area contributed by atoms with E-state index in [4.69, 9.17) is 15.0 Å². The quantitative estimate of drug-likeness (QED) is 0.232. The first-order chi connectivity index (χ1) is 15.6. The number of benzene rings is 2. The standard InChI is InChI=1S/C25H32N4O3/c1-17-12-20-8-10-27-23(22(20)14-21(17)16-30)7-6-19-15-25(24(31-3)13-18(19)2)32-11-5-4-9-28-29-26/h6-7,12-15,23,27,30H,4-5,8-11,16H2,1-3H3/b7-6+. The lowest BCUT2D eigenvalue weighted by molar-refractivity contribution is 0.280. The van der Waals surface area contributed by atoms with E-state index in [-0.39, 0.29) is 12.6 Å². The molecular weight excluding hydrogens is 404 g/mol. The third kappa shape index (κ3) is 5.82. The Balaban J connectivity index is 1.78. The molecule has 1 heterocycles. The zero-order chi connectivity index (χ0) is 22.9. The average molecular weight is 437 g/mol. The lowest BCUT2D eigenvalue weighted by Crippen LogP contribution is -2.28. The van der Waals surface area contributed by atoms with Gasteiger partial charge in [-0.2, -0.15) is 0 Å². The van der Waals surface area contributed by atoms with Gasteiger partial charge in [-0.25, -0.2) is 0 Å². The highest BCUT2D eigenvalue weighted by molar-refractivity contribution is 5.61. The van der Waals surface area contributed by atoms with Crippen LogP contribution in [0.15, 0.2) is 35.5 Å². The molecule has 0 saturated carbocycles. The van der Waals surface area contributed by atoms with Crippen molar-refractivity contribution < 1.29 is 14.6 Å². The van der Waals surface area contributed by atoms with Crippen LogP contribution in [0.1, 0.15) is 52.3 Å². The highest BCUT2D eigenvalue weighted by Gasteiger charge is 2.19. The molecule has 170 valence electrons. The van der Waals surface area contributed by atoms with Gasteiger partial charge in [0.15, 0.2) is 11.5 Å². The first-order valence-electron chi connectivity index (χ1n) is 11.0. The van der Waals surface area contributed by atoms with Gasteiger partial charge in [0.25, 0.3) is 0 Å². The molecule has 2 aromatic carbocycles. The molecular formula is C25H32N4O3. The Morgan fingerprint density at radius 3 is 2.78 bits per heavy atom. The van der Waals surface area contributed by atoms with Crippen LogP contribution >= 0.6 is 0 Å². The maximum absolute atomic E-state index is 9.68. The predicted molar refractivity (Wildman–Crippen MR) is 127 cm³/mol. The van der Waals surface area contributed by atoms with Crippen molar-refractivity contribution in [1.82, 2.24) is 5.32 Å². The number of fused-ring (bicyclic) bond motifs is 1. The van der Waals surface area contributed by atoms with E-state index in [2.05, 4.69) is 53.5 Å². The van der Waals surface area contributed by atoms with E-state index in [0.717, 1.165) is 48.1 Å². The van der Waals surface area contributed by atoms with E-state index < -0.39 is 0 Å². The number of nitrogens with one attached hydrogen (secondary N) is 1. The Labute approximate surface area is 189 Å². The topological polar surface area (TPSA) is 99.5 Å². The monoisotopic (exact) mass is 436 g/mol. The fraction of sp³-hybridized carbons (Fsp3) is 0.440. The molecule has 3 rings (SSSR count). The third-order valence-corrected chi connectivity index (χ3v) is 5.86. The number of hydrogen-bond acceptors (Lipinski definition) is 5. The van der Waals surface area contributed by atoms with Crippen LogP contribution in [0.4, 0.5) is 0 Å². The number of unbranched alkanes of at least 4 members (excludes halogenated alkanes) is 1. The summed E-state index contributed by atoms with van der Waals surface area (Å²) in [5.74, 6) is 1.41. The molecule has 7 nitrogen and oxygen atoms in total. The van der Waals surface area contributed by atoms with Crippen LogP contribution in [0.5, 0.6) is 11.5 Å². The van der Waals surface area contributed by atoms with Crippen LogP contribution in [0, 0.1) is 13.8 Å². The fourth-order valence-corrected chi connectivity index (χ4v) is 3.99. The van der Waals surface area contributed by atoms with E-state index in [1.165, 1.54) is 11.1 Å². The molecule has 1 atom stereocenters. The molecule has 0 bridgehead atoms. The fourth-order valence-electron chi connectivity index (χ4n) is 3.99. The SMILES string of the molecule is COc1cc(C)c(/C=C/C2NCCc3cc(C)c(CO)cc32)cc1OCCCCN=[N+]=[N-]. The second-order valence-electron chi connectivity index (χ2n) is 8.05. The number of azide groups is 1. The van der Waals surface area contributed by atoms with E-state index in [1.54, 1.807) is 7.11 Å². The summed E-state index contributed by atoms with van der Waals surface area (Å²) in [6, 6.07) is 8.42. The van der Waals surface area contributed by atoms with Gasteiger partial charge < -0.3 is 19.9 Å². The van der Waals surface area contributed by atoms with Gasteiger partial charge in [0.2, 0.25) is 0 Å². The molecule has 0 amide bonds. The minimum atomic E-state index is 0.0523. The molecule has 2 aromatic rings. The minimum Gasteiger partial charge on any atom is -0.493 e. The molecule has 1 aliphatic rings. The van der Waals surface area contributed by atoms with Crippen molar-refractivity contribution in [1.29, 1.82) is 0 Å². The first kappa shape index (κ1) is 23.7. The maximum atomic E-state index is 9.68. The second kappa shape index (κ2) is 11.6. The molecule has 7 heteroatoms. The Morgan fingerprint density at radius 1 is 1.19 bits per heavy atom. The van der Waals surface area contributed by atoms with Crippen LogP contribution in [-0.2, 0) is 13.0 Å². The van der Waals surface area contributed by atoms with Crippen LogP contribution in [0.2, 0.25) is 0 Å². The Hall–Kier alpha value is -2.99. The summed E-state index contributed by atoms with van der Waals surface area (Å²) >= 11 is 0. The van der Waals surface area contributed by atoms with Crippen molar-refractivity contribution >= 4 is 6.08 Å². The number of aliphatic hydroxyl groups is 1. The summed E-state index contributed by atoms with van der Waals surface area (Å²) in [7, 11) is 1.64. The second-order valence-corrected chi connectivity index (χ2v) is 8.05. The highest BCUT2D eigenvalue weighted by Crippen LogP contribution is 2.33. The van der Waals surface area contributed by atoms with Crippen molar-refractivity contribution in [2.75, 3.05) is 26.8 Å². The number of nitrogens with zero attached hydrogens (tertiary/aromatic N) is 3. The van der Waals surface area contributed by atoms with E-state index in [0.29, 0.717) is 24.7 Å². The summed E-state index contributed by atoms with van der Waals surface area (Å²) in [6.45, 7) is 6.10. The molecule has 0 fully saturated rings. The van der Waals surface area contributed by atoms with Crippen molar-refractivity contribution in [2.24, 2.45) is 5.11 Å². The lowest BCUT2D eigenvalue weighted by atomic mass is 9.89. The van der Waals surface area contributed by atoms with Crippen LogP contribution < -0.4 is 14.8 Å². The number of rotatable bonds is 10. The molecule has 0 radical (unpaired) electrons. The Bertz CT molecular complexity index is 1010. The van der Waals surface area contributed by atoms with Crippen molar-refractivity contribution in [3.8, 4) is 11.5 Å². The summed E-state index contributed by atoms with van der Waals surface area (Å²) < 4.78 is 11.5. The van der Waals surface area contributed by atoms with Gasteiger partial charge in [0, 0.05) is 18.0 Å². The molecule has 1 aliphatic heterocycles. The molecule has 0 aliphatic carbocycles. The molecule has 0 aromatic heterocycles. The average Bonchev–Trinajstić information content (AvgIpc) is 2.80. The van der Waals surface area contributed by atoms with Gasteiger partial charge in [-0.1, -0.05) is 29.4 Å². The van der Waals surface area contributed by atoms with Crippen LogP contribution in [-0.4, -0.2) is 31.9 Å².